The van der Waals surface area contributed by atoms with Crippen LogP contribution in [0.15, 0.2) is 46.4 Å². The Kier molecular flexibility index (Phi) is 4.04. The first-order valence-corrected chi connectivity index (χ1v) is 7.95. The summed E-state index contributed by atoms with van der Waals surface area (Å²) in [4.78, 5) is 1.15. The zero-order valence-electron chi connectivity index (χ0n) is 10.9. The van der Waals surface area contributed by atoms with Crippen molar-refractivity contribution >= 4 is 33.0 Å². The maximum absolute atomic E-state index is 9.15. The highest BCUT2D eigenvalue weighted by atomic mass is 79.9. The van der Waals surface area contributed by atoms with Gasteiger partial charge in [-0.3, -0.25) is 5.10 Å². The normalized spacial score (nSPS) is 10.3. The van der Waals surface area contributed by atoms with E-state index in [4.69, 9.17) is 5.26 Å². The summed E-state index contributed by atoms with van der Waals surface area (Å²) in [5, 5.41) is 21.6. The molecule has 21 heavy (non-hydrogen) atoms. The van der Waals surface area contributed by atoms with Gasteiger partial charge in [0.15, 0.2) is 0 Å². The summed E-state index contributed by atoms with van der Waals surface area (Å²) in [6, 6.07) is 11.8. The minimum absolute atomic E-state index is 0.606. The number of benzene rings is 1. The number of nitrogens with one attached hydrogen (secondary N) is 2. The van der Waals surface area contributed by atoms with Crippen molar-refractivity contribution < 1.29 is 0 Å². The topological polar surface area (TPSA) is 64.5 Å². The van der Waals surface area contributed by atoms with Crippen LogP contribution in [0, 0.1) is 11.3 Å². The fourth-order valence-electron chi connectivity index (χ4n) is 2.03. The predicted molar refractivity (Wildman–Crippen MR) is 88.1 cm³/mol. The fourth-order valence-corrected chi connectivity index (χ4v) is 3.15. The quantitative estimate of drug-likeness (QED) is 0.726. The van der Waals surface area contributed by atoms with Crippen molar-refractivity contribution in [2.45, 2.75) is 6.54 Å². The Labute approximate surface area is 134 Å². The molecular formula is C15H11BrN4S. The van der Waals surface area contributed by atoms with Gasteiger partial charge in [0, 0.05) is 16.6 Å². The summed E-state index contributed by atoms with van der Waals surface area (Å²) in [6.07, 6.45) is 1.81. The lowest BCUT2D eigenvalue weighted by Gasteiger charge is -2.08. The highest BCUT2D eigenvalue weighted by Gasteiger charge is 2.09. The van der Waals surface area contributed by atoms with Gasteiger partial charge in [-0.15, -0.1) is 11.3 Å². The first kappa shape index (κ1) is 13.9. The van der Waals surface area contributed by atoms with E-state index in [1.807, 2.05) is 29.8 Å². The lowest BCUT2D eigenvalue weighted by molar-refractivity contribution is 1.10. The van der Waals surface area contributed by atoms with Crippen molar-refractivity contribution in [3.8, 4) is 16.6 Å². The van der Waals surface area contributed by atoms with Crippen LogP contribution in [0.5, 0.6) is 0 Å². The third-order valence-electron chi connectivity index (χ3n) is 3.06. The number of rotatable bonds is 4. The van der Waals surface area contributed by atoms with Crippen LogP contribution >= 0.6 is 27.3 Å². The molecule has 0 saturated carbocycles. The van der Waals surface area contributed by atoms with Crippen molar-refractivity contribution in [3.63, 3.8) is 0 Å². The Bertz CT molecular complexity index is 786. The van der Waals surface area contributed by atoms with Crippen LogP contribution < -0.4 is 5.32 Å². The van der Waals surface area contributed by atoms with Crippen LogP contribution in [-0.2, 0) is 6.54 Å². The molecule has 2 N–H and O–H groups in total. The van der Waals surface area contributed by atoms with Crippen molar-refractivity contribution in [1.82, 2.24) is 10.2 Å². The van der Waals surface area contributed by atoms with Crippen LogP contribution in [0.25, 0.3) is 10.6 Å². The Hall–Kier alpha value is -2.10. The van der Waals surface area contributed by atoms with Gasteiger partial charge in [0.2, 0.25) is 0 Å². The lowest BCUT2D eigenvalue weighted by atomic mass is 10.1. The average molecular weight is 359 g/mol. The smallest absolute Gasteiger partial charge is 0.101 e. The maximum Gasteiger partial charge on any atom is 0.101 e. The van der Waals surface area contributed by atoms with Crippen LogP contribution in [0.1, 0.15) is 11.1 Å². The van der Waals surface area contributed by atoms with Gasteiger partial charge in [0.25, 0.3) is 0 Å². The molecule has 0 spiro atoms. The van der Waals surface area contributed by atoms with Gasteiger partial charge in [0.05, 0.1) is 28.0 Å². The highest BCUT2D eigenvalue weighted by Crippen LogP contribution is 2.27. The van der Waals surface area contributed by atoms with Gasteiger partial charge in [-0.2, -0.15) is 10.4 Å². The highest BCUT2D eigenvalue weighted by molar-refractivity contribution is 9.10. The van der Waals surface area contributed by atoms with E-state index < -0.39 is 0 Å². The molecule has 0 saturated heterocycles. The molecule has 0 aliphatic rings. The number of nitriles is 1. The molecule has 0 unspecified atom stereocenters. The van der Waals surface area contributed by atoms with Crippen LogP contribution in [0.2, 0.25) is 0 Å². The molecule has 0 amide bonds. The Morgan fingerprint density at radius 1 is 1.38 bits per heavy atom. The monoisotopic (exact) mass is 358 g/mol. The summed E-state index contributed by atoms with van der Waals surface area (Å²) in [7, 11) is 0. The van der Waals surface area contributed by atoms with Crippen molar-refractivity contribution in [2.75, 3.05) is 5.32 Å². The molecule has 0 atom stereocenters. The zero-order valence-corrected chi connectivity index (χ0v) is 13.3. The number of anilines is 1. The molecule has 0 bridgehead atoms. The molecule has 0 radical (unpaired) electrons. The first-order chi connectivity index (χ1) is 10.3. The minimum Gasteiger partial charge on any atom is -0.380 e. The van der Waals surface area contributed by atoms with Gasteiger partial charge >= 0.3 is 0 Å². The number of thiophene rings is 1. The van der Waals surface area contributed by atoms with Gasteiger partial charge in [-0.05, 0) is 29.6 Å². The second-order valence-corrected chi connectivity index (χ2v) is 6.27. The van der Waals surface area contributed by atoms with Crippen LogP contribution in [0.3, 0.4) is 0 Å². The number of hydrogen-bond acceptors (Lipinski definition) is 4. The lowest BCUT2D eigenvalue weighted by Crippen LogP contribution is -2.01. The van der Waals surface area contributed by atoms with E-state index >= 15 is 0 Å². The Morgan fingerprint density at radius 3 is 3.05 bits per heavy atom. The van der Waals surface area contributed by atoms with Crippen molar-refractivity contribution in [1.29, 1.82) is 5.26 Å². The second kappa shape index (κ2) is 6.12. The number of hydrogen-bond donors (Lipinski definition) is 2. The number of aromatic nitrogens is 2. The molecular weight excluding hydrogens is 348 g/mol. The minimum atomic E-state index is 0.606. The third-order valence-corrected chi connectivity index (χ3v) is 4.44. The van der Waals surface area contributed by atoms with Gasteiger partial charge in [0.1, 0.15) is 6.07 Å². The first-order valence-electron chi connectivity index (χ1n) is 6.27. The van der Waals surface area contributed by atoms with E-state index in [0.29, 0.717) is 12.1 Å². The molecule has 1 aromatic carbocycles. The second-order valence-electron chi connectivity index (χ2n) is 4.40. The number of halogens is 1. The van der Waals surface area contributed by atoms with Gasteiger partial charge in [-0.25, -0.2) is 0 Å². The maximum atomic E-state index is 9.15. The summed E-state index contributed by atoms with van der Waals surface area (Å²) in [5.74, 6) is 0. The van der Waals surface area contributed by atoms with Gasteiger partial charge < -0.3 is 5.32 Å². The molecule has 104 valence electrons. The van der Waals surface area contributed by atoms with Crippen molar-refractivity contribution in [3.05, 3.63) is 57.5 Å². The number of aromatic amines is 1. The summed E-state index contributed by atoms with van der Waals surface area (Å²) >= 11 is 5.09. The summed E-state index contributed by atoms with van der Waals surface area (Å²) in [5.41, 5.74) is 3.52. The molecule has 0 aliphatic heterocycles. The number of H-pyrrole nitrogens is 1. The summed E-state index contributed by atoms with van der Waals surface area (Å²) in [6.45, 7) is 0.606. The molecule has 3 rings (SSSR count). The molecule has 6 heteroatoms. The SMILES string of the molecule is N#Cc1ccc(Br)cc1NCc1cn[nH]c1-c1cccs1. The molecule has 3 aromatic rings. The van der Waals surface area contributed by atoms with Crippen molar-refractivity contribution in [2.24, 2.45) is 0 Å². The average Bonchev–Trinajstić information content (AvgIpc) is 3.16. The molecule has 2 heterocycles. The van der Waals surface area contributed by atoms with E-state index in [1.165, 1.54) is 0 Å². The Balaban J connectivity index is 1.82. The summed E-state index contributed by atoms with van der Waals surface area (Å²) < 4.78 is 0.940. The molecule has 2 aromatic heterocycles. The third kappa shape index (κ3) is 2.99. The molecule has 0 fully saturated rings. The molecule has 4 nitrogen and oxygen atoms in total. The number of nitrogens with zero attached hydrogens (tertiary/aromatic N) is 2. The van der Waals surface area contributed by atoms with Crippen LogP contribution in [0.4, 0.5) is 5.69 Å². The molecule has 0 aliphatic carbocycles. The van der Waals surface area contributed by atoms with E-state index in [2.05, 4.69) is 43.6 Å². The van der Waals surface area contributed by atoms with E-state index in [9.17, 15) is 0 Å². The predicted octanol–water partition coefficient (Wildman–Crippen LogP) is 4.38. The van der Waals surface area contributed by atoms with E-state index in [-0.39, 0.29) is 0 Å². The fraction of sp³-hybridized carbons (Fsp3) is 0.0667. The van der Waals surface area contributed by atoms with Crippen LogP contribution in [-0.4, -0.2) is 10.2 Å². The standard InChI is InChI=1S/C15H11BrN4S/c16-12-4-3-10(7-17)13(6-12)18-8-11-9-19-20-15(11)14-2-1-5-21-14/h1-6,9,18H,8H2,(H,19,20). The van der Waals surface area contributed by atoms with E-state index in [0.717, 1.165) is 26.3 Å². The largest absolute Gasteiger partial charge is 0.380 e. The van der Waals surface area contributed by atoms with E-state index in [1.54, 1.807) is 17.4 Å². The zero-order chi connectivity index (χ0) is 14.7. The Morgan fingerprint density at radius 2 is 2.29 bits per heavy atom. The van der Waals surface area contributed by atoms with Gasteiger partial charge in [-0.1, -0.05) is 22.0 Å².